The second kappa shape index (κ2) is 3.36. The zero-order valence-corrected chi connectivity index (χ0v) is 10.2. The Balaban J connectivity index is 1.93. The molecule has 1 amide bonds. The Labute approximate surface area is 105 Å². The molecule has 0 saturated carbocycles. The molecule has 4 nitrogen and oxygen atoms in total. The molecule has 0 bridgehead atoms. The number of aromatic nitrogens is 1. The molecule has 0 spiro atoms. The number of benzene rings is 1. The monoisotopic (exact) mass is 242 g/mol. The van der Waals surface area contributed by atoms with E-state index in [0.717, 1.165) is 6.42 Å². The molecule has 3 heterocycles. The fraction of sp³-hybridized carbons (Fsp3) is 0.357. The highest BCUT2D eigenvalue weighted by Gasteiger charge is 2.38. The first-order valence-electron chi connectivity index (χ1n) is 6.22. The Morgan fingerprint density at radius 3 is 3.06 bits per heavy atom. The van der Waals surface area contributed by atoms with Crippen LogP contribution in [0.5, 0.6) is 0 Å². The molecule has 1 fully saturated rings. The first-order chi connectivity index (χ1) is 8.75. The van der Waals surface area contributed by atoms with Gasteiger partial charge in [-0.05, 0) is 11.6 Å². The van der Waals surface area contributed by atoms with Gasteiger partial charge in [-0.15, -0.1) is 0 Å². The van der Waals surface area contributed by atoms with E-state index in [9.17, 15) is 4.79 Å². The standard InChI is InChI=1S/C14H14N2O2/c1-15-11-5-3-2-4-9(11)10-6-14-16(7-12(10)15)13(17)8-18-14/h2-5,14H,6-8H2,1H3. The van der Waals surface area contributed by atoms with Crippen LogP contribution in [-0.4, -0.2) is 28.2 Å². The van der Waals surface area contributed by atoms with Crippen LogP contribution >= 0.6 is 0 Å². The number of carbonyl (C=O) groups is 1. The van der Waals surface area contributed by atoms with Crippen molar-refractivity contribution in [3.05, 3.63) is 35.5 Å². The summed E-state index contributed by atoms with van der Waals surface area (Å²) in [7, 11) is 2.07. The molecule has 1 unspecified atom stereocenters. The van der Waals surface area contributed by atoms with E-state index >= 15 is 0 Å². The Bertz CT molecular complexity index is 659. The van der Waals surface area contributed by atoms with E-state index in [2.05, 4.69) is 35.9 Å². The summed E-state index contributed by atoms with van der Waals surface area (Å²) in [6, 6.07) is 8.40. The van der Waals surface area contributed by atoms with Crippen LogP contribution < -0.4 is 0 Å². The average Bonchev–Trinajstić information content (AvgIpc) is 2.90. The molecule has 92 valence electrons. The molecule has 4 rings (SSSR count). The highest BCUT2D eigenvalue weighted by atomic mass is 16.5. The molecule has 0 aliphatic carbocycles. The summed E-state index contributed by atoms with van der Waals surface area (Å²) >= 11 is 0. The first kappa shape index (κ1) is 10.1. The molecule has 1 aromatic carbocycles. The van der Waals surface area contributed by atoms with Gasteiger partial charge in [0.2, 0.25) is 0 Å². The summed E-state index contributed by atoms with van der Waals surface area (Å²) in [6.07, 6.45) is 0.749. The van der Waals surface area contributed by atoms with Crippen LogP contribution in [0, 0.1) is 0 Å². The SMILES string of the molecule is Cn1c2c(c3ccccc31)CC1OCC(=O)N1C2. The highest BCUT2D eigenvalue weighted by Crippen LogP contribution is 2.34. The summed E-state index contributed by atoms with van der Waals surface area (Å²) in [5.41, 5.74) is 3.81. The van der Waals surface area contributed by atoms with E-state index in [4.69, 9.17) is 4.74 Å². The quantitative estimate of drug-likeness (QED) is 0.700. The van der Waals surface area contributed by atoms with Gasteiger partial charge in [0.15, 0.2) is 0 Å². The molecule has 1 saturated heterocycles. The predicted molar refractivity (Wildman–Crippen MR) is 66.9 cm³/mol. The second-order valence-electron chi connectivity index (χ2n) is 4.99. The van der Waals surface area contributed by atoms with Crippen LogP contribution in [0.4, 0.5) is 0 Å². The number of carbonyl (C=O) groups excluding carboxylic acids is 1. The fourth-order valence-corrected chi connectivity index (χ4v) is 3.15. The lowest BCUT2D eigenvalue weighted by atomic mass is 10.0. The van der Waals surface area contributed by atoms with Gasteiger partial charge in [0, 0.05) is 30.1 Å². The minimum absolute atomic E-state index is 0.0594. The summed E-state index contributed by atoms with van der Waals surface area (Å²) < 4.78 is 7.75. The van der Waals surface area contributed by atoms with E-state index in [1.165, 1.54) is 22.2 Å². The lowest BCUT2D eigenvalue weighted by Crippen LogP contribution is -2.39. The fourth-order valence-electron chi connectivity index (χ4n) is 3.15. The van der Waals surface area contributed by atoms with E-state index < -0.39 is 0 Å². The summed E-state index contributed by atoms with van der Waals surface area (Å²) in [5.74, 6) is 0.107. The van der Waals surface area contributed by atoms with Crippen molar-refractivity contribution in [1.82, 2.24) is 9.47 Å². The van der Waals surface area contributed by atoms with Crippen LogP contribution in [0.2, 0.25) is 0 Å². The van der Waals surface area contributed by atoms with Gasteiger partial charge in [-0.1, -0.05) is 18.2 Å². The zero-order valence-electron chi connectivity index (χ0n) is 10.2. The van der Waals surface area contributed by atoms with Crippen molar-refractivity contribution in [2.45, 2.75) is 19.2 Å². The number of amides is 1. The maximum absolute atomic E-state index is 11.7. The third kappa shape index (κ3) is 1.16. The van der Waals surface area contributed by atoms with Crippen molar-refractivity contribution >= 4 is 16.8 Å². The number of fused-ring (bicyclic) bond motifs is 4. The van der Waals surface area contributed by atoms with Crippen molar-refractivity contribution in [3.63, 3.8) is 0 Å². The second-order valence-corrected chi connectivity index (χ2v) is 4.99. The highest BCUT2D eigenvalue weighted by molar-refractivity contribution is 5.87. The number of nitrogens with zero attached hydrogens (tertiary/aromatic N) is 2. The Morgan fingerprint density at radius 1 is 1.33 bits per heavy atom. The number of para-hydroxylation sites is 1. The van der Waals surface area contributed by atoms with Crippen molar-refractivity contribution in [2.75, 3.05) is 6.61 Å². The molecular formula is C14H14N2O2. The van der Waals surface area contributed by atoms with Gasteiger partial charge in [-0.2, -0.15) is 0 Å². The van der Waals surface area contributed by atoms with Gasteiger partial charge < -0.3 is 14.2 Å². The summed E-state index contributed by atoms with van der Waals surface area (Å²) in [4.78, 5) is 13.6. The smallest absolute Gasteiger partial charge is 0.251 e. The molecule has 2 aromatic rings. The zero-order chi connectivity index (χ0) is 12.3. The first-order valence-corrected chi connectivity index (χ1v) is 6.22. The van der Waals surface area contributed by atoms with Gasteiger partial charge in [-0.3, -0.25) is 4.79 Å². The number of hydrogen-bond donors (Lipinski definition) is 0. The van der Waals surface area contributed by atoms with Crippen LogP contribution in [0.3, 0.4) is 0 Å². The Hall–Kier alpha value is -1.81. The van der Waals surface area contributed by atoms with Gasteiger partial charge in [-0.25, -0.2) is 0 Å². The molecule has 1 aromatic heterocycles. The molecular weight excluding hydrogens is 228 g/mol. The predicted octanol–water partition coefficient (Wildman–Crippen LogP) is 1.42. The van der Waals surface area contributed by atoms with Crippen molar-refractivity contribution in [1.29, 1.82) is 0 Å². The Morgan fingerprint density at radius 2 is 2.17 bits per heavy atom. The number of hydrogen-bond acceptors (Lipinski definition) is 2. The van der Waals surface area contributed by atoms with Crippen LogP contribution in [0.1, 0.15) is 11.3 Å². The molecule has 0 N–H and O–H groups in total. The minimum Gasteiger partial charge on any atom is -0.348 e. The maximum Gasteiger partial charge on any atom is 0.251 e. The third-order valence-electron chi connectivity index (χ3n) is 4.11. The maximum atomic E-state index is 11.7. The number of rotatable bonds is 0. The van der Waals surface area contributed by atoms with E-state index in [1.54, 1.807) is 0 Å². The average molecular weight is 242 g/mol. The van der Waals surface area contributed by atoms with Crippen LogP contribution in [0.25, 0.3) is 10.9 Å². The molecule has 0 radical (unpaired) electrons. The van der Waals surface area contributed by atoms with Gasteiger partial charge in [0.25, 0.3) is 5.91 Å². The van der Waals surface area contributed by atoms with E-state index in [0.29, 0.717) is 6.54 Å². The van der Waals surface area contributed by atoms with Crippen molar-refractivity contribution in [2.24, 2.45) is 7.05 Å². The van der Waals surface area contributed by atoms with E-state index in [-0.39, 0.29) is 18.7 Å². The lowest BCUT2D eigenvalue weighted by Gasteiger charge is -2.29. The van der Waals surface area contributed by atoms with Crippen LogP contribution in [-0.2, 0) is 29.5 Å². The van der Waals surface area contributed by atoms with E-state index in [1.807, 2.05) is 4.90 Å². The topological polar surface area (TPSA) is 34.5 Å². The number of aryl methyl sites for hydroxylation is 1. The van der Waals surface area contributed by atoms with Crippen molar-refractivity contribution < 1.29 is 9.53 Å². The molecule has 2 aliphatic rings. The largest absolute Gasteiger partial charge is 0.348 e. The summed E-state index contributed by atoms with van der Waals surface area (Å²) in [5, 5.41) is 1.29. The third-order valence-corrected chi connectivity index (χ3v) is 4.11. The van der Waals surface area contributed by atoms with Gasteiger partial charge in [0.05, 0.1) is 6.54 Å². The molecule has 1 atom stereocenters. The lowest BCUT2D eigenvalue weighted by molar-refractivity contribution is -0.128. The summed E-state index contributed by atoms with van der Waals surface area (Å²) in [6.45, 7) is 0.903. The number of ether oxygens (including phenoxy) is 1. The van der Waals surface area contributed by atoms with Crippen LogP contribution in [0.15, 0.2) is 24.3 Å². The van der Waals surface area contributed by atoms with Gasteiger partial charge >= 0.3 is 0 Å². The normalized spacial score (nSPS) is 22.4. The molecule has 4 heteroatoms. The molecule has 2 aliphatic heterocycles. The van der Waals surface area contributed by atoms with Gasteiger partial charge in [0.1, 0.15) is 12.8 Å². The minimum atomic E-state index is -0.0594. The Kier molecular flexibility index (Phi) is 1.89. The van der Waals surface area contributed by atoms with Crippen molar-refractivity contribution in [3.8, 4) is 0 Å². The molecule has 18 heavy (non-hydrogen) atoms.